The molecule has 0 aliphatic carbocycles. The molecule has 0 aliphatic heterocycles. The van der Waals surface area contributed by atoms with Gasteiger partial charge in [0.25, 0.3) is 0 Å². The molecule has 4 rings (SSSR count). The molecule has 0 spiro atoms. The molecule has 2 nitrogen and oxygen atoms in total. The molecule has 3 heteroatoms. The summed E-state index contributed by atoms with van der Waals surface area (Å²) in [6, 6.07) is 13.8. The lowest BCUT2D eigenvalue weighted by molar-refractivity contribution is 0.667. The first-order valence-corrected chi connectivity index (χ1v) is 5.79. The maximum absolute atomic E-state index is 5.97. The van der Waals surface area contributed by atoms with Crippen molar-refractivity contribution >= 4 is 46.2 Å². The van der Waals surface area contributed by atoms with E-state index in [0.717, 1.165) is 32.8 Å². The van der Waals surface area contributed by atoms with Crippen molar-refractivity contribution in [1.29, 1.82) is 0 Å². The lowest BCUT2D eigenvalue weighted by Crippen LogP contribution is -2.04. The molecule has 2 radical (unpaired) electrons. The van der Waals surface area contributed by atoms with Crippen LogP contribution in [-0.2, 0) is 0 Å². The molecule has 18 heavy (non-hydrogen) atoms. The van der Waals surface area contributed by atoms with E-state index in [1.165, 1.54) is 0 Å². The highest BCUT2D eigenvalue weighted by Crippen LogP contribution is 2.32. The Morgan fingerprint density at radius 3 is 2.67 bits per heavy atom. The molecule has 4 aromatic rings. The Bertz CT molecular complexity index is 895. The van der Waals surface area contributed by atoms with E-state index in [2.05, 4.69) is 11.1 Å². The Balaban J connectivity index is 2.37. The number of furan rings is 1. The Hall–Kier alpha value is -2.29. The second-order valence-corrected chi connectivity index (χ2v) is 4.34. The zero-order valence-electron chi connectivity index (χ0n) is 9.55. The monoisotopic (exact) mass is 229 g/mol. The summed E-state index contributed by atoms with van der Waals surface area (Å²) in [6.45, 7) is 0. The van der Waals surface area contributed by atoms with E-state index in [1.54, 1.807) is 6.20 Å². The van der Waals surface area contributed by atoms with Crippen LogP contribution in [0.2, 0.25) is 0 Å². The van der Waals surface area contributed by atoms with Crippen LogP contribution in [0.4, 0.5) is 0 Å². The fraction of sp³-hybridized carbons (Fsp3) is 0. The summed E-state index contributed by atoms with van der Waals surface area (Å²) in [4.78, 5) is 4.39. The number of hydrogen-bond acceptors (Lipinski definition) is 2. The van der Waals surface area contributed by atoms with Crippen LogP contribution in [0.3, 0.4) is 0 Å². The van der Waals surface area contributed by atoms with Crippen molar-refractivity contribution < 1.29 is 4.42 Å². The lowest BCUT2D eigenvalue weighted by Gasteiger charge is -2.01. The first-order valence-electron chi connectivity index (χ1n) is 5.79. The minimum atomic E-state index is 0.694. The van der Waals surface area contributed by atoms with Gasteiger partial charge in [0.15, 0.2) is 5.58 Å². The minimum absolute atomic E-state index is 0.694. The van der Waals surface area contributed by atoms with Crippen molar-refractivity contribution in [3.05, 3.63) is 48.7 Å². The summed E-state index contributed by atoms with van der Waals surface area (Å²) in [7, 11) is 5.97. The number of nitrogens with zero attached hydrogens (tertiary/aromatic N) is 1. The third-order valence-electron chi connectivity index (χ3n) is 3.27. The molecule has 0 bridgehead atoms. The number of para-hydroxylation sites is 2. The van der Waals surface area contributed by atoms with Gasteiger partial charge in [0.1, 0.15) is 13.4 Å². The van der Waals surface area contributed by atoms with Crippen molar-refractivity contribution in [3.8, 4) is 0 Å². The van der Waals surface area contributed by atoms with Gasteiger partial charge in [-0.2, -0.15) is 0 Å². The Morgan fingerprint density at radius 1 is 0.889 bits per heavy atom. The molecule has 0 N–H and O–H groups in total. The van der Waals surface area contributed by atoms with Gasteiger partial charge in [-0.05, 0) is 6.07 Å². The molecule has 0 aliphatic rings. The molecule has 0 fully saturated rings. The smallest absolute Gasteiger partial charge is 0.154 e. The highest BCUT2D eigenvalue weighted by Gasteiger charge is 2.10. The number of pyridine rings is 1. The number of fused-ring (bicyclic) bond motifs is 5. The van der Waals surface area contributed by atoms with Crippen LogP contribution in [0.5, 0.6) is 0 Å². The third kappa shape index (κ3) is 1.16. The molecular formula is C15H8BNO. The van der Waals surface area contributed by atoms with E-state index in [4.69, 9.17) is 12.3 Å². The molecule has 82 valence electrons. The summed E-state index contributed by atoms with van der Waals surface area (Å²) < 4.78 is 5.80. The van der Waals surface area contributed by atoms with E-state index < -0.39 is 0 Å². The zero-order chi connectivity index (χ0) is 12.1. The van der Waals surface area contributed by atoms with Crippen molar-refractivity contribution in [3.63, 3.8) is 0 Å². The molecule has 0 amide bonds. The van der Waals surface area contributed by atoms with Crippen molar-refractivity contribution in [2.45, 2.75) is 0 Å². The van der Waals surface area contributed by atoms with Crippen LogP contribution in [-0.4, -0.2) is 12.8 Å². The summed E-state index contributed by atoms with van der Waals surface area (Å²) in [5, 5.41) is 3.23. The first-order chi connectivity index (χ1) is 8.84. The highest BCUT2D eigenvalue weighted by molar-refractivity contribution is 6.39. The van der Waals surface area contributed by atoms with Gasteiger partial charge < -0.3 is 4.42 Å². The van der Waals surface area contributed by atoms with Crippen molar-refractivity contribution in [2.75, 3.05) is 0 Å². The number of hydrogen-bond donors (Lipinski definition) is 0. The number of rotatable bonds is 0. The van der Waals surface area contributed by atoms with E-state index in [1.807, 2.05) is 36.4 Å². The van der Waals surface area contributed by atoms with Gasteiger partial charge in [-0.15, -0.1) is 0 Å². The quantitative estimate of drug-likeness (QED) is 0.433. The fourth-order valence-electron chi connectivity index (χ4n) is 2.46. The lowest BCUT2D eigenvalue weighted by atomic mass is 9.92. The van der Waals surface area contributed by atoms with Gasteiger partial charge in [-0.3, -0.25) is 4.98 Å². The topological polar surface area (TPSA) is 26.0 Å². The largest absolute Gasteiger partial charge is 0.454 e. The van der Waals surface area contributed by atoms with Crippen LogP contribution >= 0.6 is 0 Å². The van der Waals surface area contributed by atoms with Gasteiger partial charge >= 0.3 is 0 Å². The van der Waals surface area contributed by atoms with Crippen molar-refractivity contribution in [2.24, 2.45) is 0 Å². The second-order valence-electron chi connectivity index (χ2n) is 4.34. The Labute approximate surface area is 105 Å². The number of aromatic nitrogens is 1. The maximum Gasteiger partial charge on any atom is 0.154 e. The van der Waals surface area contributed by atoms with E-state index in [-0.39, 0.29) is 0 Å². The average molecular weight is 229 g/mol. The van der Waals surface area contributed by atoms with Crippen LogP contribution in [0, 0.1) is 0 Å². The predicted molar refractivity (Wildman–Crippen MR) is 74.4 cm³/mol. The number of benzene rings is 2. The van der Waals surface area contributed by atoms with E-state index >= 15 is 0 Å². The maximum atomic E-state index is 5.97. The second kappa shape index (κ2) is 3.36. The summed E-state index contributed by atoms with van der Waals surface area (Å²) in [6.07, 6.45) is 1.74. The summed E-state index contributed by atoms with van der Waals surface area (Å²) in [5.74, 6) is 0. The van der Waals surface area contributed by atoms with Crippen LogP contribution in [0.25, 0.3) is 32.8 Å². The standard InChI is InChI=1S/C15H8BNO/c16-11-6-3-5-10-14-9-4-1-2-7-12(9)18-13(14)8-17-15(10)11/h1-8H. The van der Waals surface area contributed by atoms with E-state index in [0.29, 0.717) is 5.46 Å². The molecule has 2 heterocycles. The van der Waals surface area contributed by atoms with Gasteiger partial charge in [-0.1, -0.05) is 41.9 Å². The van der Waals surface area contributed by atoms with Gasteiger partial charge in [-0.25, -0.2) is 0 Å². The van der Waals surface area contributed by atoms with Crippen LogP contribution in [0.1, 0.15) is 0 Å². The molecule has 2 aromatic carbocycles. The average Bonchev–Trinajstić information content (AvgIpc) is 2.77. The highest BCUT2D eigenvalue weighted by atomic mass is 16.3. The van der Waals surface area contributed by atoms with Gasteiger partial charge in [0, 0.05) is 16.2 Å². The summed E-state index contributed by atoms with van der Waals surface area (Å²) >= 11 is 0. The fourth-order valence-corrected chi connectivity index (χ4v) is 2.46. The van der Waals surface area contributed by atoms with E-state index in [9.17, 15) is 0 Å². The first kappa shape index (κ1) is 9.72. The molecule has 0 saturated heterocycles. The van der Waals surface area contributed by atoms with Crippen LogP contribution < -0.4 is 5.46 Å². The Kier molecular flexibility index (Phi) is 1.81. The summed E-state index contributed by atoms with van der Waals surface area (Å²) in [5.41, 5.74) is 3.20. The molecule has 0 saturated carbocycles. The molecule has 2 aromatic heterocycles. The molecule has 0 unspecified atom stereocenters. The van der Waals surface area contributed by atoms with Gasteiger partial charge in [0.2, 0.25) is 0 Å². The molecule has 0 atom stereocenters. The van der Waals surface area contributed by atoms with Crippen LogP contribution in [0.15, 0.2) is 53.1 Å². The van der Waals surface area contributed by atoms with Gasteiger partial charge in [0.05, 0.1) is 11.7 Å². The third-order valence-corrected chi connectivity index (χ3v) is 3.27. The predicted octanol–water partition coefficient (Wildman–Crippen LogP) is 2.93. The zero-order valence-corrected chi connectivity index (χ0v) is 9.55. The minimum Gasteiger partial charge on any atom is -0.454 e. The normalized spacial score (nSPS) is 11.6. The Morgan fingerprint density at radius 2 is 1.72 bits per heavy atom. The van der Waals surface area contributed by atoms with Crippen molar-refractivity contribution in [1.82, 2.24) is 4.98 Å². The SMILES string of the molecule is [B]c1cccc2c1ncc1oc3ccccc3c12. The molecular weight excluding hydrogens is 221 g/mol.